The van der Waals surface area contributed by atoms with Crippen LogP contribution in [0.25, 0.3) is 52.8 Å². The molecular formula is C30H16F6N4OS5. The van der Waals surface area contributed by atoms with Gasteiger partial charge in [-0.05, 0) is 90.3 Å². The van der Waals surface area contributed by atoms with Crippen LogP contribution in [0.2, 0.25) is 0 Å². The Morgan fingerprint density at radius 1 is 0.652 bits per heavy atom. The fourth-order valence-electron chi connectivity index (χ4n) is 4.95. The summed E-state index contributed by atoms with van der Waals surface area (Å²) in [4.78, 5) is 2.59. The number of nitrogens with zero attached hydrogens (tertiary/aromatic N) is 4. The highest BCUT2D eigenvalue weighted by atomic mass is 32.2. The van der Waals surface area contributed by atoms with Crippen LogP contribution in [0.15, 0.2) is 74.3 Å². The van der Waals surface area contributed by atoms with E-state index < -0.39 is 34.3 Å². The molecule has 7 rings (SSSR count). The molecule has 0 amide bonds. The van der Waals surface area contributed by atoms with Crippen molar-refractivity contribution in [2.75, 3.05) is 0 Å². The number of hydrogen-bond acceptors (Lipinski definition) is 9. The van der Waals surface area contributed by atoms with Gasteiger partial charge in [0.25, 0.3) is 0 Å². The van der Waals surface area contributed by atoms with Crippen LogP contribution >= 0.6 is 46.2 Å². The minimum atomic E-state index is -5.14. The normalized spacial score (nSPS) is 13.0. The van der Waals surface area contributed by atoms with Gasteiger partial charge in [-0.25, -0.2) is 0 Å². The van der Waals surface area contributed by atoms with Gasteiger partial charge in [0.2, 0.25) is 0 Å². The molecule has 5 nitrogen and oxygen atoms in total. The lowest BCUT2D eigenvalue weighted by Gasteiger charge is -2.15. The zero-order chi connectivity index (χ0) is 32.4. The third kappa shape index (κ3) is 5.99. The number of thiophene rings is 2. The Morgan fingerprint density at radius 2 is 1.20 bits per heavy atom. The van der Waals surface area contributed by atoms with E-state index in [1.54, 1.807) is 23.5 Å². The standard InChI is InChI=1S/C30H16F6N4OS5/c1-13-3-4-15(11-14(13)2)18-7-9-20(42-18)23-25-27(39-45-37-25)24(28-26(23)38-46-40-28)21-10-8-19(43-21)16-5-6-17(41-29(31,32)33)22(12-16)44-30(34,35)36/h3-12H,1-2H3. The van der Waals surface area contributed by atoms with Crippen molar-refractivity contribution < 1.29 is 31.1 Å². The molecule has 16 heteroatoms. The predicted molar refractivity (Wildman–Crippen MR) is 175 cm³/mol. The van der Waals surface area contributed by atoms with Crippen molar-refractivity contribution in [2.45, 2.75) is 30.6 Å². The van der Waals surface area contributed by atoms with E-state index >= 15 is 0 Å². The lowest BCUT2D eigenvalue weighted by molar-refractivity contribution is -0.275. The van der Waals surface area contributed by atoms with Gasteiger partial charge in [0, 0.05) is 30.6 Å². The summed E-state index contributed by atoms with van der Waals surface area (Å²) >= 11 is 4.30. The fourth-order valence-corrected chi connectivity index (χ4v) is 8.81. The van der Waals surface area contributed by atoms with Crippen molar-refractivity contribution in [2.24, 2.45) is 8.73 Å². The van der Waals surface area contributed by atoms with Gasteiger partial charge in [-0.2, -0.15) is 30.6 Å². The average Bonchev–Trinajstić information content (AvgIpc) is 3.79. The van der Waals surface area contributed by atoms with Crippen LogP contribution in [0.4, 0.5) is 37.7 Å². The minimum Gasteiger partial charge on any atom is -0.405 e. The van der Waals surface area contributed by atoms with Gasteiger partial charge in [-0.3, -0.25) is 0 Å². The molecule has 1 aliphatic heterocycles. The van der Waals surface area contributed by atoms with Crippen molar-refractivity contribution in [3.05, 3.63) is 71.8 Å². The van der Waals surface area contributed by atoms with Gasteiger partial charge in [-0.15, -0.1) is 35.8 Å². The summed E-state index contributed by atoms with van der Waals surface area (Å²) in [6.45, 7) is 4.15. The summed E-state index contributed by atoms with van der Waals surface area (Å²) in [5.74, 6) is -0.925. The smallest absolute Gasteiger partial charge is 0.405 e. The number of aryl methyl sites for hydroxylation is 2. The molecule has 1 aliphatic rings. The number of ether oxygens (including phenoxy) is 1. The van der Waals surface area contributed by atoms with Gasteiger partial charge in [0.05, 0.1) is 28.0 Å². The fraction of sp³-hybridized carbons (Fsp3) is 0.133. The van der Waals surface area contributed by atoms with E-state index in [1.807, 2.05) is 6.07 Å². The first-order valence-electron chi connectivity index (χ1n) is 13.2. The highest BCUT2D eigenvalue weighted by Crippen LogP contribution is 2.55. The molecular weight excluding hydrogens is 707 g/mol. The third-order valence-corrected chi connectivity index (χ3v) is 11.2. The molecule has 234 valence electrons. The zero-order valence-electron chi connectivity index (χ0n) is 23.3. The maximum atomic E-state index is 13.2. The number of rotatable bonds is 6. The number of thioether (sulfide) groups is 1. The van der Waals surface area contributed by atoms with Crippen LogP contribution in [-0.2, 0) is 11.4 Å². The molecule has 0 unspecified atom stereocenters. The minimum absolute atomic E-state index is 0.298. The van der Waals surface area contributed by atoms with E-state index in [0.717, 1.165) is 56.1 Å². The second kappa shape index (κ2) is 11.6. The Bertz CT molecular complexity index is 2230. The Kier molecular flexibility index (Phi) is 7.83. The Morgan fingerprint density at radius 3 is 1.74 bits per heavy atom. The molecule has 0 aliphatic carbocycles. The predicted octanol–water partition coefficient (Wildman–Crippen LogP) is 12.3. The summed E-state index contributed by atoms with van der Waals surface area (Å²) in [5.41, 5.74) is 3.03. The number of fused-ring (bicyclic) bond motifs is 2. The molecule has 0 radical (unpaired) electrons. The first-order valence-corrected chi connectivity index (χ1v) is 17.1. The van der Waals surface area contributed by atoms with Crippen LogP contribution in [-0.4, -0.2) is 20.6 Å². The summed E-state index contributed by atoms with van der Waals surface area (Å²) in [6, 6.07) is 17.2. The maximum Gasteiger partial charge on any atom is 0.573 e. The molecule has 3 aromatic carbocycles. The molecule has 0 fully saturated rings. The molecule has 0 saturated carbocycles. The summed E-state index contributed by atoms with van der Waals surface area (Å²) in [7, 11) is 0. The van der Waals surface area contributed by atoms with E-state index in [-0.39, 0.29) is 0 Å². The van der Waals surface area contributed by atoms with Gasteiger partial charge >= 0.3 is 11.9 Å². The molecule has 0 N–H and O–H groups in total. The van der Waals surface area contributed by atoms with Gasteiger partial charge < -0.3 is 4.74 Å². The molecule has 0 saturated heterocycles. The maximum absolute atomic E-state index is 13.2. The first kappa shape index (κ1) is 31.1. The zero-order valence-corrected chi connectivity index (χ0v) is 27.4. The topological polar surface area (TPSA) is 59.7 Å². The van der Waals surface area contributed by atoms with E-state index in [9.17, 15) is 26.3 Å². The molecule has 4 heterocycles. The molecule has 6 aromatic rings. The molecule has 0 atom stereocenters. The van der Waals surface area contributed by atoms with E-state index in [0.29, 0.717) is 43.3 Å². The highest BCUT2D eigenvalue weighted by molar-refractivity contribution is 8.00. The number of alkyl halides is 6. The van der Waals surface area contributed by atoms with E-state index in [2.05, 4.69) is 60.3 Å². The molecule has 0 bridgehead atoms. The second-order valence-electron chi connectivity index (χ2n) is 10.1. The number of aromatic nitrogens is 2. The average molecular weight is 723 g/mol. The quantitative estimate of drug-likeness (QED) is 0.127. The lowest BCUT2D eigenvalue weighted by Crippen LogP contribution is -2.18. The van der Waals surface area contributed by atoms with Crippen molar-refractivity contribution >= 4 is 79.9 Å². The van der Waals surface area contributed by atoms with Crippen molar-refractivity contribution in [3.63, 3.8) is 0 Å². The Labute approximate surface area is 277 Å². The van der Waals surface area contributed by atoms with Gasteiger partial charge in [0.15, 0.2) is 0 Å². The Hall–Kier alpha value is -3.57. The van der Waals surface area contributed by atoms with E-state index in [4.69, 9.17) is 0 Å². The summed E-state index contributed by atoms with van der Waals surface area (Å²) in [5, 5.41) is 0. The molecule has 0 spiro atoms. The summed E-state index contributed by atoms with van der Waals surface area (Å²) in [6.07, 6.45) is -5.14. The SMILES string of the molecule is Cc1ccc(-c2ccc(-c3c4c(c(-c5ccc(-c6ccc(OC(F)(F)F)c(SC(F)(F)F)c6)s5)c5nsnc35)N=S=N4)s2)cc1C. The molecule has 3 aromatic heterocycles. The van der Waals surface area contributed by atoms with Crippen LogP contribution in [0, 0.1) is 13.8 Å². The highest BCUT2D eigenvalue weighted by Gasteiger charge is 2.36. The van der Waals surface area contributed by atoms with Gasteiger partial charge in [0.1, 0.15) is 28.2 Å². The van der Waals surface area contributed by atoms with Crippen molar-refractivity contribution in [1.29, 1.82) is 0 Å². The Balaban J connectivity index is 1.30. The monoisotopic (exact) mass is 722 g/mol. The van der Waals surface area contributed by atoms with Crippen molar-refractivity contribution in [1.82, 2.24) is 8.75 Å². The van der Waals surface area contributed by atoms with Crippen LogP contribution in [0.1, 0.15) is 11.1 Å². The molecule has 46 heavy (non-hydrogen) atoms. The second-order valence-corrected chi connectivity index (χ2v) is 14.4. The van der Waals surface area contributed by atoms with Crippen LogP contribution < -0.4 is 4.74 Å². The first-order chi connectivity index (χ1) is 21.8. The third-order valence-electron chi connectivity index (χ3n) is 7.10. The van der Waals surface area contributed by atoms with Crippen LogP contribution in [0.3, 0.4) is 0 Å². The van der Waals surface area contributed by atoms with E-state index in [1.165, 1.54) is 28.5 Å². The van der Waals surface area contributed by atoms with Gasteiger partial charge in [-0.1, -0.05) is 18.2 Å². The summed E-state index contributed by atoms with van der Waals surface area (Å²) < 4.78 is 101. The largest absolute Gasteiger partial charge is 0.573 e. The lowest BCUT2D eigenvalue weighted by atomic mass is 10.0. The number of halogens is 6. The number of hydrogen-bond donors (Lipinski definition) is 0. The van der Waals surface area contributed by atoms with Crippen LogP contribution in [0.5, 0.6) is 5.75 Å². The number of benzene rings is 3. The van der Waals surface area contributed by atoms with Crippen molar-refractivity contribution in [3.8, 4) is 47.5 Å².